The van der Waals surface area contributed by atoms with Crippen LogP contribution in [-0.4, -0.2) is 13.1 Å². The Labute approximate surface area is 181 Å². The molecule has 1 N–H and O–H groups in total. The van der Waals surface area contributed by atoms with E-state index in [4.69, 9.17) is 0 Å². The topological polar surface area (TPSA) is 12.0 Å². The van der Waals surface area contributed by atoms with Crippen molar-refractivity contribution in [2.75, 3.05) is 7.05 Å². The van der Waals surface area contributed by atoms with Gasteiger partial charge in [0.1, 0.15) is 0 Å². The summed E-state index contributed by atoms with van der Waals surface area (Å²) in [6.07, 6.45) is 18.6. The van der Waals surface area contributed by atoms with Crippen LogP contribution < -0.4 is 5.32 Å². The number of fused-ring (bicyclic) bond motifs is 5. The second-order valence-corrected chi connectivity index (χ2v) is 12.5. The van der Waals surface area contributed by atoms with E-state index in [1.807, 2.05) is 5.57 Å². The SMILES string of the molecule is CN[C@H]1CC[C@@]2(C)C(=CCC3C2CC[C@@]2(C)C3CC[C@@H]2[C@H](C)CCCC(C)C)C1. The Bertz CT molecular complexity index is 605. The second kappa shape index (κ2) is 8.33. The molecule has 0 saturated heterocycles. The van der Waals surface area contributed by atoms with Crippen LogP contribution >= 0.6 is 0 Å². The van der Waals surface area contributed by atoms with Crippen LogP contribution in [0.5, 0.6) is 0 Å². The number of nitrogens with one attached hydrogen (secondary N) is 1. The quantitative estimate of drug-likeness (QED) is 0.453. The van der Waals surface area contributed by atoms with Crippen LogP contribution in [0.3, 0.4) is 0 Å². The van der Waals surface area contributed by atoms with E-state index in [0.717, 1.165) is 41.5 Å². The van der Waals surface area contributed by atoms with Gasteiger partial charge in [-0.1, -0.05) is 65.5 Å². The van der Waals surface area contributed by atoms with Gasteiger partial charge in [0.05, 0.1) is 0 Å². The molecule has 3 unspecified atom stereocenters. The third kappa shape index (κ3) is 3.77. The van der Waals surface area contributed by atoms with Crippen LogP contribution in [0.15, 0.2) is 11.6 Å². The number of hydrogen-bond acceptors (Lipinski definition) is 1. The fourth-order valence-electron chi connectivity index (χ4n) is 8.93. The van der Waals surface area contributed by atoms with Crippen LogP contribution in [-0.2, 0) is 0 Å². The van der Waals surface area contributed by atoms with Gasteiger partial charge in [-0.3, -0.25) is 0 Å². The summed E-state index contributed by atoms with van der Waals surface area (Å²) in [5.74, 6) is 5.72. The molecule has 0 bridgehead atoms. The maximum Gasteiger partial charge on any atom is 0.0102 e. The molecule has 0 heterocycles. The molecular weight excluding hydrogens is 350 g/mol. The maximum absolute atomic E-state index is 3.57. The lowest BCUT2D eigenvalue weighted by molar-refractivity contribution is -0.0513. The van der Waals surface area contributed by atoms with Gasteiger partial charge in [0.2, 0.25) is 0 Å². The highest BCUT2D eigenvalue weighted by atomic mass is 14.9. The van der Waals surface area contributed by atoms with Crippen LogP contribution in [0.2, 0.25) is 0 Å². The largest absolute Gasteiger partial charge is 0.317 e. The molecule has 29 heavy (non-hydrogen) atoms. The zero-order chi connectivity index (χ0) is 20.8. The maximum atomic E-state index is 3.57. The molecule has 0 spiro atoms. The molecule has 4 aliphatic carbocycles. The first kappa shape index (κ1) is 21.9. The van der Waals surface area contributed by atoms with Gasteiger partial charge in [-0.25, -0.2) is 0 Å². The van der Waals surface area contributed by atoms with Crippen molar-refractivity contribution in [2.24, 2.45) is 46.3 Å². The fourth-order valence-corrected chi connectivity index (χ4v) is 8.93. The van der Waals surface area contributed by atoms with Gasteiger partial charge in [-0.15, -0.1) is 0 Å². The van der Waals surface area contributed by atoms with E-state index in [1.165, 1.54) is 70.6 Å². The molecule has 1 nitrogen and oxygen atoms in total. The highest BCUT2D eigenvalue weighted by Gasteiger charge is 2.59. The zero-order valence-electron chi connectivity index (χ0n) is 20.4. The molecule has 0 amide bonds. The minimum absolute atomic E-state index is 0.512. The summed E-state index contributed by atoms with van der Waals surface area (Å²) in [6, 6.07) is 0.724. The fraction of sp³-hybridized carbons (Fsp3) is 0.929. The molecule has 0 aromatic heterocycles. The first-order valence-electron chi connectivity index (χ1n) is 13.2. The Kier molecular flexibility index (Phi) is 6.29. The smallest absolute Gasteiger partial charge is 0.0102 e. The van der Waals surface area contributed by atoms with E-state index in [-0.39, 0.29) is 0 Å². The van der Waals surface area contributed by atoms with Gasteiger partial charge >= 0.3 is 0 Å². The van der Waals surface area contributed by atoms with E-state index in [2.05, 4.69) is 53.1 Å². The van der Waals surface area contributed by atoms with Gasteiger partial charge in [-0.2, -0.15) is 0 Å². The third-order valence-corrected chi connectivity index (χ3v) is 10.7. The normalized spacial score (nSPS) is 45.3. The predicted molar refractivity (Wildman–Crippen MR) is 126 cm³/mol. The van der Waals surface area contributed by atoms with Crippen LogP contribution in [0.4, 0.5) is 0 Å². The number of allylic oxidation sites excluding steroid dienone is 1. The van der Waals surface area contributed by atoms with Crippen LogP contribution in [0.1, 0.15) is 105 Å². The third-order valence-electron chi connectivity index (χ3n) is 10.7. The number of hydrogen-bond donors (Lipinski definition) is 1. The van der Waals surface area contributed by atoms with Crippen molar-refractivity contribution in [1.82, 2.24) is 5.32 Å². The molecule has 3 fully saturated rings. The molecule has 166 valence electrons. The Morgan fingerprint density at radius 1 is 1.00 bits per heavy atom. The highest BCUT2D eigenvalue weighted by Crippen LogP contribution is 2.67. The van der Waals surface area contributed by atoms with E-state index >= 15 is 0 Å². The van der Waals surface area contributed by atoms with Crippen molar-refractivity contribution < 1.29 is 0 Å². The van der Waals surface area contributed by atoms with Crippen molar-refractivity contribution in [3.8, 4) is 0 Å². The summed E-state index contributed by atoms with van der Waals surface area (Å²) < 4.78 is 0. The van der Waals surface area contributed by atoms with E-state index in [9.17, 15) is 0 Å². The Hall–Kier alpha value is -0.300. The zero-order valence-corrected chi connectivity index (χ0v) is 20.4. The van der Waals surface area contributed by atoms with E-state index in [1.54, 1.807) is 0 Å². The van der Waals surface area contributed by atoms with E-state index in [0.29, 0.717) is 10.8 Å². The average Bonchev–Trinajstić information content (AvgIpc) is 3.04. The first-order chi connectivity index (χ1) is 13.8. The molecule has 0 radical (unpaired) electrons. The summed E-state index contributed by atoms with van der Waals surface area (Å²) >= 11 is 0. The molecule has 4 rings (SSSR count). The molecule has 0 aliphatic heterocycles. The Balaban J connectivity index is 1.48. The molecule has 8 atom stereocenters. The molecule has 3 saturated carbocycles. The monoisotopic (exact) mass is 399 g/mol. The summed E-state index contributed by atoms with van der Waals surface area (Å²) in [4.78, 5) is 0. The van der Waals surface area contributed by atoms with Gasteiger partial charge < -0.3 is 5.32 Å². The lowest BCUT2D eigenvalue weighted by atomic mass is 9.47. The van der Waals surface area contributed by atoms with Crippen molar-refractivity contribution in [1.29, 1.82) is 0 Å². The highest BCUT2D eigenvalue weighted by molar-refractivity contribution is 5.25. The summed E-state index contributed by atoms with van der Waals surface area (Å²) in [7, 11) is 2.16. The van der Waals surface area contributed by atoms with Crippen LogP contribution in [0, 0.1) is 46.3 Å². The minimum Gasteiger partial charge on any atom is -0.317 e. The molecular formula is C28H49N. The van der Waals surface area contributed by atoms with Crippen molar-refractivity contribution in [2.45, 2.75) is 111 Å². The lowest BCUT2D eigenvalue weighted by Gasteiger charge is -2.58. The predicted octanol–water partition coefficient (Wildman–Crippen LogP) is 7.62. The standard InChI is InChI=1S/C28H49N/c1-19(2)8-7-9-20(3)24-12-13-25-23-11-10-21-18-22(29-6)14-16-27(21,4)26(23)15-17-28(24,25)5/h10,19-20,22-26,29H,7-9,11-18H2,1-6H3/t20-,22+,23?,24-,25?,26?,27+,28-/m1/s1. The summed E-state index contributed by atoms with van der Waals surface area (Å²) in [5.41, 5.74) is 2.96. The van der Waals surface area contributed by atoms with Crippen molar-refractivity contribution >= 4 is 0 Å². The van der Waals surface area contributed by atoms with Crippen molar-refractivity contribution in [3.63, 3.8) is 0 Å². The Morgan fingerprint density at radius 3 is 2.52 bits per heavy atom. The second-order valence-electron chi connectivity index (χ2n) is 12.5. The molecule has 1 heteroatoms. The van der Waals surface area contributed by atoms with Crippen LogP contribution in [0.25, 0.3) is 0 Å². The number of rotatable bonds is 6. The molecule has 0 aromatic carbocycles. The van der Waals surface area contributed by atoms with Gasteiger partial charge in [0.15, 0.2) is 0 Å². The summed E-state index contributed by atoms with van der Waals surface area (Å²) in [5, 5.41) is 3.57. The molecule has 0 aromatic rings. The molecule has 4 aliphatic rings. The Morgan fingerprint density at radius 2 is 1.79 bits per heavy atom. The summed E-state index contributed by atoms with van der Waals surface area (Å²) in [6.45, 7) is 12.8. The van der Waals surface area contributed by atoms with E-state index < -0.39 is 0 Å². The van der Waals surface area contributed by atoms with Gasteiger partial charge in [0, 0.05) is 6.04 Å². The first-order valence-corrected chi connectivity index (χ1v) is 13.2. The average molecular weight is 400 g/mol. The van der Waals surface area contributed by atoms with Gasteiger partial charge in [0.25, 0.3) is 0 Å². The van der Waals surface area contributed by atoms with Gasteiger partial charge in [-0.05, 0) is 105 Å². The lowest BCUT2D eigenvalue weighted by Crippen LogP contribution is -2.51. The minimum atomic E-state index is 0.512. The van der Waals surface area contributed by atoms with Crippen molar-refractivity contribution in [3.05, 3.63) is 11.6 Å².